The van der Waals surface area contributed by atoms with Gasteiger partial charge in [-0.2, -0.15) is 0 Å². The number of hydrogen-bond donors (Lipinski definition) is 3. The van der Waals surface area contributed by atoms with E-state index in [1.165, 1.54) is 30.2 Å². The van der Waals surface area contributed by atoms with Crippen LogP contribution < -0.4 is 24.4 Å². The highest BCUT2D eigenvalue weighted by Gasteiger charge is 2.32. The molecule has 0 radical (unpaired) electrons. The standard InChI is InChI=1S/C28H26ClF3N2O6/c1-38-22-13-20(14-23(15-22)39-12-2-3-25(35)36)33-26(18-4-7-19(29)8-5-18)27(37)34-11-10-17-6-9-21(16-24(17)34)40-28(30,31)32/h4-9,13-16,33,37H,2-3,10-12H2,1H3,(H,35,36)/b27-26+. The van der Waals surface area contributed by atoms with Gasteiger partial charge in [0, 0.05) is 53.5 Å². The van der Waals surface area contributed by atoms with Gasteiger partial charge in [-0.3, -0.25) is 4.79 Å². The lowest BCUT2D eigenvalue weighted by molar-refractivity contribution is -0.274. The summed E-state index contributed by atoms with van der Waals surface area (Å²) < 4.78 is 53.7. The Kier molecular flexibility index (Phi) is 8.83. The van der Waals surface area contributed by atoms with E-state index in [0.717, 1.165) is 5.56 Å². The number of carboxylic acids is 1. The number of hydrogen-bond acceptors (Lipinski definition) is 7. The Labute approximate surface area is 233 Å². The average Bonchev–Trinajstić information content (AvgIpc) is 3.32. The minimum atomic E-state index is -4.86. The summed E-state index contributed by atoms with van der Waals surface area (Å²) in [5, 5.41) is 24.0. The number of nitrogens with one attached hydrogen (secondary N) is 1. The lowest BCUT2D eigenvalue weighted by Gasteiger charge is -2.23. The Balaban J connectivity index is 1.70. The molecule has 0 fully saturated rings. The molecule has 40 heavy (non-hydrogen) atoms. The molecule has 0 amide bonds. The van der Waals surface area contributed by atoms with E-state index in [9.17, 15) is 23.1 Å². The SMILES string of the molecule is COc1cc(N/C(=C(/O)N2CCc3ccc(OC(F)(F)F)cc32)c2ccc(Cl)cc2)cc(OCCCC(=O)O)c1. The first-order chi connectivity index (χ1) is 19.0. The zero-order valence-electron chi connectivity index (χ0n) is 21.3. The summed E-state index contributed by atoms with van der Waals surface area (Å²) in [7, 11) is 1.47. The highest BCUT2D eigenvalue weighted by Crippen LogP contribution is 2.38. The molecule has 3 aromatic carbocycles. The van der Waals surface area contributed by atoms with E-state index < -0.39 is 18.1 Å². The summed E-state index contributed by atoms with van der Waals surface area (Å²) in [6, 6.07) is 15.6. The van der Waals surface area contributed by atoms with E-state index in [0.29, 0.717) is 52.8 Å². The lowest BCUT2D eigenvalue weighted by atomic mass is 10.1. The Morgan fingerprint density at radius 1 is 1.02 bits per heavy atom. The van der Waals surface area contributed by atoms with Gasteiger partial charge in [-0.1, -0.05) is 29.8 Å². The van der Waals surface area contributed by atoms with Crippen LogP contribution in [-0.4, -0.2) is 42.8 Å². The third-order valence-electron chi connectivity index (χ3n) is 5.99. The lowest BCUT2D eigenvalue weighted by Crippen LogP contribution is -2.23. The predicted molar refractivity (Wildman–Crippen MR) is 144 cm³/mol. The second kappa shape index (κ2) is 12.3. The highest BCUT2D eigenvalue weighted by molar-refractivity contribution is 6.30. The van der Waals surface area contributed by atoms with Crippen LogP contribution in [0.3, 0.4) is 0 Å². The van der Waals surface area contributed by atoms with Gasteiger partial charge in [0.05, 0.1) is 19.4 Å². The molecule has 1 aliphatic rings. The van der Waals surface area contributed by atoms with Gasteiger partial charge >= 0.3 is 12.3 Å². The van der Waals surface area contributed by atoms with Crippen molar-refractivity contribution in [3.63, 3.8) is 0 Å². The van der Waals surface area contributed by atoms with Crippen LogP contribution in [0.5, 0.6) is 17.2 Å². The van der Waals surface area contributed by atoms with Gasteiger partial charge in [0.25, 0.3) is 0 Å². The Hall–Kier alpha value is -4.25. The first kappa shape index (κ1) is 28.8. The second-order valence-electron chi connectivity index (χ2n) is 8.81. The monoisotopic (exact) mass is 578 g/mol. The number of carboxylic acid groups (broad SMARTS) is 1. The zero-order valence-corrected chi connectivity index (χ0v) is 22.1. The largest absolute Gasteiger partial charge is 0.573 e. The van der Waals surface area contributed by atoms with E-state index in [4.69, 9.17) is 26.2 Å². The summed E-state index contributed by atoms with van der Waals surface area (Å²) in [6.45, 7) is 0.475. The van der Waals surface area contributed by atoms with Crippen molar-refractivity contribution in [1.29, 1.82) is 0 Å². The van der Waals surface area contributed by atoms with Crippen molar-refractivity contribution in [2.24, 2.45) is 0 Å². The molecular weight excluding hydrogens is 553 g/mol. The number of aliphatic hydroxyl groups excluding tert-OH is 1. The predicted octanol–water partition coefficient (Wildman–Crippen LogP) is 6.85. The number of methoxy groups -OCH3 is 1. The normalized spacial score (nSPS) is 13.4. The molecule has 0 bridgehead atoms. The van der Waals surface area contributed by atoms with Crippen LogP contribution >= 0.6 is 11.6 Å². The van der Waals surface area contributed by atoms with Gasteiger partial charge in [-0.05, 0) is 36.6 Å². The third kappa shape index (κ3) is 7.44. The summed E-state index contributed by atoms with van der Waals surface area (Å²) in [5.41, 5.74) is 2.38. The average molecular weight is 579 g/mol. The fourth-order valence-corrected chi connectivity index (χ4v) is 4.31. The Bertz CT molecular complexity index is 1400. The van der Waals surface area contributed by atoms with Crippen LogP contribution in [0.2, 0.25) is 5.02 Å². The fraction of sp³-hybridized carbons (Fsp3) is 0.250. The van der Waals surface area contributed by atoms with Crippen molar-refractivity contribution < 1.29 is 42.4 Å². The van der Waals surface area contributed by atoms with E-state index in [2.05, 4.69) is 10.1 Å². The molecule has 0 spiro atoms. The summed E-state index contributed by atoms with van der Waals surface area (Å²) in [5.74, 6) is -0.719. The van der Waals surface area contributed by atoms with E-state index in [-0.39, 0.29) is 24.6 Å². The maximum absolute atomic E-state index is 12.8. The minimum absolute atomic E-state index is 0.0422. The van der Waals surface area contributed by atoms with Gasteiger partial charge in [0.2, 0.25) is 5.88 Å². The van der Waals surface area contributed by atoms with Crippen LogP contribution in [-0.2, 0) is 11.2 Å². The number of aliphatic carboxylic acids is 1. The quantitative estimate of drug-likeness (QED) is 0.168. The molecule has 3 N–H and O–H groups in total. The highest BCUT2D eigenvalue weighted by atomic mass is 35.5. The fourth-order valence-electron chi connectivity index (χ4n) is 4.19. The molecule has 1 aliphatic heterocycles. The topological polar surface area (TPSA) is 100 Å². The van der Waals surface area contributed by atoms with Gasteiger partial charge in [0.1, 0.15) is 22.9 Å². The number of anilines is 2. The van der Waals surface area contributed by atoms with E-state index in [1.807, 2.05) is 0 Å². The smallest absolute Gasteiger partial charge is 0.497 e. The third-order valence-corrected chi connectivity index (χ3v) is 6.24. The van der Waals surface area contributed by atoms with Crippen molar-refractivity contribution in [2.45, 2.75) is 25.6 Å². The summed E-state index contributed by atoms with van der Waals surface area (Å²) >= 11 is 6.08. The first-order valence-electron chi connectivity index (χ1n) is 12.2. The van der Waals surface area contributed by atoms with E-state index >= 15 is 0 Å². The van der Waals surface area contributed by atoms with Gasteiger partial charge in [-0.15, -0.1) is 13.2 Å². The van der Waals surface area contributed by atoms with Crippen molar-refractivity contribution in [3.8, 4) is 17.2 Å². The molecule has 0 atom stereocenters. The Morgan fingerprint density at radius 2 is 1.75 bits per heavy atom. The van der Waals surface area contributed by atoms with Crippen molar-refractivity contribution in [3.05, 3.63) is 82.7 Å². The summed E-state index contributed by atoms with van der Waals surface area (Å²) in [4.78, 5) is 12.3. The number of carbonyl (C=O) groups is 1. The summed E-state index contributed by atoms with van der Waals surface area (Å²) in [6.07, 6.45) is -4.10. The van der Waals surface area contributed by atoms with Gasteiger partial charge < -0.3 is 34.6 Å². The second-order valence-corrected chi connectivity index (χ2v) is 9.25. The van der Waals surface area contributed by atoms with Gasteiger partial charge in [0.15, 0.2) is 0 Å². The number of halogens is 4. The number of benzene rings is 3. The van der Waals surface area contributed by atoms with Crippen LogP contribution in [0.15, 0.2) is 66.5 Å². The minimum Gasteiger partial charge on any atom is -0.497 e. The maximum Gasteiger partial charge on any atom is 0.573 e. The molecule has 4 rings (SSSR count). The van der Waals surface area contributed by atoms with Crippen LogP contribution in [0, 0.1) is 0 Å². The van der Waals surface area contributed by atoms with Crippen LogP contribution in [0.4, 0.5) is 24.5 Å². The molecule has 0 aromatic heterocycles. The molecule has 0 unspecified atom stereocenters. The van der Waals surface area contributed by atoms with Crippen molar-refractivity contribution >= 4 is 34.6 Å². The zero-order chi connectivity index (χ0) is 28.9. The molecule has 0 saturated carbocycles. The van der Waals surface area contributed by atoms with Gasteiger partial charge in [-0.25, -0.2) is 0 Å². The number of rotatable bonds is 11. The number of aliphatic hydroxyl groups is 1. The number of nitrogens with zero attached hydrogens (tertiary/aromatic N) is 1. The molecule has 1 heterocycles. The number of alkyl halides is 3. The maximum atomic E-state index is 12.8. The molecule has 0 saturated heterocycles. The molecule has 8 nitrogen and oxygen atoms in total. The Morgan fingerprint density at radius 3 is 2.42 bits per heavy atom. The van der Waals surface area contributed by atoms with Crippen LogP contribution in [0.25, 0.3) is 5.70 Å². The molecule has 0 aliphatic carbocycles. The number of fused-ring (bicyclic) bond motifs is 1. The van der Waals surface area contributed by atoms with E-state index in [1.54, 1.807) is 42.5 Å². The molecule has 3 aromatic rings. The molecule has 12 heteroatoms. The van der Waals surface area contributed by atoms with Crippen molar-refractivity contribution in [2.75, 3.05) is 30.5 Å². The molecular formula is C28H26ClF3N2O6. The van der Waals surface area contributed by atoms with Crippen LogP contribution in [0.1, 0.15) is 24.0 Å². The van der Waals surface area contributed by atoms with Crippen molar-refractivity contribution in [1.82, 2.24) is 0 Å². The first-order valence-corrected chi connectivity index (χ1v) is 12.6. The number of ether oxygens (including phenoxy) is 3. The molecule has 212 valence electrons.